The standard InChI is InChI=1S/C15H20FNO2S/c1-9(14(8-18)20-2)17-15(19)13-7-12(13)10-3-5-11(16)6-4-10/h3-6,9,12-14,18H,7-8H2,1-2H3,(H,17,19). The fourth-order valence-electron chi connectivity index (χ4n) is 2.42. The fraction of sp³-hybridized carbons (Fsp3) is 0.533. The zero-order valence-electron chi connectivity index (χ0n) is 11.7. The molecule has 0 radical (unpaired) electrons. The molecule has 110 valence electrons. The minimum Gasteiger partial charge on any atom is -0.395 e. The highest BCUT2D eigenvalue weighted by atomic mass is 32.2. The summed E-state index contributed by atoms with van der Waals surface area (Å²) in [6, 6.07) is 6.29. The van der Waals surface area contributed by atoms with Crippen LogP contribution in [0, 0.1) is 11.7 Å². The first-order chi connectivity index (χ1) is 9.56. The van der Waals surface area contributed by atoms with Crippen molar-refractivity contribution in [1.82, 2.24) is 5.32 Å². The van der Waals surface area contributed by atoms with Crippen LogP contribution in [-0.2, 0) is 4.79 Å². The van der Waals surface area contributed by atoms with Gasteiger partial charge in [-0.1, -0.05) is 12.1 Å². The van der Waals surface area contributed by atoms with E-state index in [0.29, 0.717) is 0 Å². The highest BCUT2D eigenvalue weighted by Gasteiger charge is 2.44. The van der Waals surface area contributed by atoms with Crippen molar-refractivity contribution in [2.45, 2.75) is 30.6 Å². The maximum absolute atomic E-state index is 12.9. The van der Waals surface area contributed by atoms with E-state index in [4.69, 9.17) is 0 Å². The third-order valence-electron chi connectivity index (χ3n) is 3.84. The zero-order chi connectivity index (χ0) is 14.7. The molecule has 0 aliphatic heterocycles. The molecule has 0 aromatic heterocycles. The molecule has 1 fully saturated rings. The molecule has 1 aromatic carbocycles. The van der Waals surface area contributed by atoms with Gasteiger partial charge in [-0.3, -0.25) is 4.79 Å². The number of benzene rings is 1. The first-order valence-electron chi connectivity index (χ1n) is 6.76. The van der Waals surface area contributed by atoms with Crippen molar-refractivity contribution in [3.63, 3.8) is 0 Å². The smallest absolute Gasteiger partial charge is 0.223 e. The molecular weight excluding hydrogens is 277 g/mol. The Morgan fingerprint density at radius 2 is 2.15 bits per heavy atom. The fourth-order valence-corrected chi connectivity index (χ4v) is 3.05. The molecule has 4 atom stereocenters. The Morgan fingerprint density at radius 3 is 2.70 bits per heavy atom. The van der Waals surface area contributed by atoms with Crippen molar-refractivity contribution in [2.75, 3.05) is 12.9 Å². The van der Waals surface area contributed by atoms with Crippen LogP contribution in [0.2, 0.25) is 0 Å². The average Bonchev–Trinajstić information content (AvgIpc) is 3.21. The summed E-state index contributed by atoms with van der Waals surface area (Å²) in [5, 5.41) is 12.2. The zero-order valence-corrected chi connectivity index (χ0v) is 12.5. The van der Waals surface area contributed by atoms with Crippen molar-refractivity contribution in [2.24, 2.45) is 5.92 Å². The van der Waals surface area contributed by atoms with Crippen molar-refractivity contribution in [1.29, 1.82) is 0 Å². The number of hydrogen-bond acceptors (Lipinski definition) is 3. The molecule has 0 saturated heterocycles. The van der Waals surface area contributed by atoms with E-state index in [0.717, 1.165) is 12.0 Å². The number of amides is 1. The van der Waals surface area contributed by atoms with E-state index in [1.165, 1.54) is 12.1 Å². The normalized spacial score (nSPS) is 24.0. The Kier molecular flexibility index (Phi) is 5.05. The quantitative estimate of drug-likeness (QED) is 0.846. The third-order valence-corrected chi connectivity index (χ3v) is 5.00. The SMILES string of the molecule is CSC(CO)C(C)NC(=O)C1CC1c1ccc(F)cc1. The highest BCUT2D eigenvalue weighted by molar-refractivity contribution is 7.99. The minimum absolute atomic E-state index is 0.0157. The highest BCUT2D eigenvalue weighted by Crippen LogP contribution is 2.47. The number of aliphatic hydroxyl groups excluding tert-OH is 1. The molecule has 4 unspecified atom stereocenters. The molecule has 1 amide bonds. The number of halogens is 1. The Bertz CT molecular complexity index is 461. The monoisotopic (exact) mass is 297 g/mol. The van der Waals surface area contributed by atoms with Gasteiger partial charge in [0.05, 0.1) is 6.61 Å². The molecule has 1 aliphatic rings. The predicted molar refractivity (Wildman–Crippen MR) is 79.2 cm³/mol. The van der Waals surface area contributed by atoms with Gasteiger partial charge in [-0.25, -0.2) is 4.39 Å². The summed E-state index contributed by atoms with van der Waals surface area (Å²) in [6.45, 7) is 1.96. The van der Waals surface area contributed by atoms with E-state index < -0.39 is 0 Å². The molecule has 1 aliphatic carbocycles. The number of aliphatic hydroxyl groups is 1. The van der Waals surface area contributed by atoms with Crippen molar-refractivity contribution in [3.05, 3.63) is 35.6 Å². The van der Waals surface area contributed by atoms with E-state index in [9.17, 15) is 14.3 Å². The van der Waals surface area contributed by atoms with Gasteiger partial charge in [-0.2, -0.15) is 11.8 Å². The van der Waals surface area contributed by atoms with Gasteiger partial charge in [0.25, 0.3) is 0 Å². The molecule has 20 heavy (non-hydrogen) atoms. The number of hydrogen-bond donors (Lipinski definition) is 2. The van der Waals surface area contributed by atoms with Gasteiger partial charge in [0.2, 0.25) is 5.91 Å². The van der Waals surface area contributed by atoms with Crippen LogP contribution in [0.25, 0.3) is 0 Å². The number of carbonyl (C=O) groups excluding carboxylic acids is 1. The molecule has 5 heteroatoms. The Hall–Kier alpha value is -1.07. The maximum Gasteiger partial charge on any atom is 0.223 e. The van der Waals surface area contributed by atoms with Gasteiger partial charge >= 0.3 is 0 Å². The third kappa shape index (κ3) is 3.52. The van der Waals surface area contributed by atoms with Gasteiger partial charge in [0, 0.05) is 17.2 Å². The summed E-state index contributed by atoms with van der Waals surface area (Å²) in [6.07, 6.45) is 2.73. The second kappa shape index (κ2) is 6.59. The largest absolute Gasteiger partial charge is 0.395 e. The second-order valence-electron chi connectivity index (χ2n) is 5.25. The minimum atomic E-state index is -0.255. The maximum atomic E-state index is 12.9. The summed E-state index contributed by atoms with van der Waals surface area (Å²) in [5.41, 5.74) is 1.02. The molecule has 0 spiro atoms. The molecule has 2 rings (SSSR count). The van der Waals surface area contributed by atoms with Crippen LogP contribution in [0.15, 0.2) is 24.3 Å². The number of nitrogens with one attached hydrogen (secondary N) is 1. The van der Waals surface area contributed by atoms with Crippen LogP contribution in [0.3, 0.4) is 0 Å². The van der Waals surface area contributed by atoms with E-state index >= 15 is 0 Å². The van der Waals surface area contributed by atoms with E-state index in [-0.39, 0.29) is 41.5 Å². The molecular formula is C15H20FNO2S. The van der Waals surface area contributed by atoms with Crippen LogP contribution in [-0.4, -0.2) is 35.2 Å². The first-order valence-corrected chi connectivity index (χ1v) is 8.05. The van der Waals surface area contributed by atoms with E-state index in [1.54, 1.807) is 23.9 Å². The molecule has 1 aromatic rings. The van der Waals surface area contributed by atoms with Crippen LogP contribution < -0.4 is 5.32 Å². The molecule has 0 heterocycles. The molecule has 0 bridgehead atoms. The first kappa shape index (κ1) is 15.3. The van der Waals surface area contributed by atoms with Crippen LogP contribution >= 0.6 is 11.8 Å². The number of rotatable bonds is 6. The lowest BCUT2D eigenvalue weighted by Gasteiger charge is -2.21. The van der Waals surface area contributed by atoms with E-state index in [1.807, 2.05) is 13.2 Å². The van der Waals surface area contributed by atoms with Crippen LogP contribution in [0.4, 0.5) is 4.39 Å². The van der Waals surface area contributed by atoms with Crippen molar-refractivity contribution >= 4 is 17.7 Å². The lowest BCUT2D eigenvalue weighted by atomic mass is 10.1. The Morgan fingerprint density at radius 1 is 1.50 bits per heavy atom. The lowest BCUT2D eigenvalue weighted by Crippen LogP contribution is -2.42. The topological polar surface area (TPSA) is 49.3 Å². The number of thioether (sulfide) groups is 1. The van der Waals surface area contributed by atoms with Gasteiger partial charge in [-0.05, 0) is 43.2 Å². The number of carbonyl (C=O) groups is 1. The van der Waals surface area contributed by atoms with Gasteiger partial charge < -0.3 is 10.4 Å². The summed E-state index contributed by atoms with van der Waals surface area (Å²) in [7, 11) is 0. The van der Waals surface area contributed by atoms with E-state index in [2.05, 4.69) is 5.32 Å². The van der Waals surface area contributed by atoms with Crippen LogP contribution in [0.1, 0.15) is 24.8 Å². The van der Waals surface area contributed by atoms with Gasteiger partial charge in [-0.15, -0.1) is 0 Å². The second-order valence-corrected chi connectivity index (χ2v) is 6.33. The molecule has 3 nitrogen and oxygen atoms in total. The van der Waals surface area contributed by atoms with Crippen molar-refractivity contribution in [3.8, 4) is 0 Å². The molecule has 2 N–H and O–H groups in total. The van der Waals surface area contributed by atoms with Crippen LogP contribution in [0.5, 0.6) is 0 Å². The summed E-state index contributed by atoms with van der Waals surface area (Å²) < 4.78 is 12.9. The summed E-state index contributed by atoms with van der Waals surface area (Å²) >= 11 is 1.54. The predicted octanol–water partition coefficient (Wildman–Crippen LogP) is 2.16. The van der Waals surface area contributed by atoms with Gasteiger partial charge in [0.1, 0.15) is 5.82 Å². The van der Waals surface area contributed by atoms with Gasteiger partial charge in [0.15, 0.2) is 0 Å². The Balaban J connectivity index is 1.88. The summed E-state index contributed by atoms with van der Waals surface area (Å²) in [5.74, 6) is -0.0529. The molecule has 1 saturated carbocycles. The lowest BCUT2D eigenvalue weighted by molar-refractivity contribution is -0.123. The van der Waals surface area contributed by atoms with Crippen molar-refractivity contribution < 1.29 is 14.3 Å². The Labute approximate surface area is 123 Å². The average molecular weight is 297 g/mol. The summed E-state index contributed by atoms with van der Waals surface area (Å²) in [4.78, 5) is 12.1.